The molecule has 0 spiro atoms. The molecule has 5 rings (SSSR count). The number of hydrogen-bond donors (Lipinski definition) is 0. The molecule has 0 aromatic rings. The van der Waals surface area contributed by atoms with Gasteiger partial charge in [0, 0.05) is 38.1 Å². The second-order valence-corrected chi connectivity index (χ2v) is 9.67. The first-order valence-electron chi connectivity index (χ1n) is 10.6. The smallest absolute Gasteiger partial charge is 0.222 e. The van der Waals surface area contributed by atoms with Crippen molar-refractivity contribution in [2.45, 2.75) is 83.7 Å². The molecule has 4 bridgehead atoms. The van der Waals surface area contributed by atoms with Gasteiger partial charge in [-0.3, -0.25) is 9.69 Å². The van der Waals surface area contributed by atoms with E-state index in [1.807, 2.05) is 0 Å². The molecule has 3 heteroatoms. The Morgan fingerprint density at radius 2 is 1.67 bits per heavy atom. The van der Waals surface area contributed by atoms with Crippen LogP contribution < -0.4 is 0 Å². The van der Waals surface area contributed by atoms with Gasteiger partial charge in [0.25, 0.3) is 0 Å². The van der Waals surface area contributed by atoms with E-state index < -0.39 is 0 Å². The Hall–Kier alpha value is -0.570. The molecule has 1 amide bonds. The lowest BCUT2D eigenvalue weighted by atomic mass is 9.68. The standard InChI is InChI=1S/C21H36N2O/c1-15(2)5-7-22-8-6-19(3-4-21(22)24)23-14-18-10-16-9-17(11-18)13-20(23)12-16/h15-20H,3-14H2,1-2H3. The molecule has 3 unspecified atom stereocenters. The number of fused-ring (bicyclic) bond motifs is 1. The van der Waals surface area contributed by atoms with E-state index in [0.29, 0.717) is 17.9 Å². The highest BCUT2D eigenvalue weighted by molar-refractivity contribution is 5.76. The third kappa shape index (κ3) is 3.52. The van der Waals surface area contributed by atoms with Crippen molar-refractivity contribution in [3.8, 4) is 0 Å². The maximum absolute atomic E-state index is 12.5. The molecule has 136 valence electrons. The summed E-state index contributed by atoms with van der Waals surface area (Å²) in [5.74, 6) is 4.10. The molecule has 0 N–H and O–H groups in total. The molecule has 3 saturated heterocycles. The van der Waals surface area contributed by atoms with Gasteiger partial charge in [-0.1, -0.05) is 13.8 Å². The maximum atomic E-state index is 12.5. The summed E-state index contributed by atoms with van der Waals surface area (Å²) >= 11 is 0. The Bertz CT molecular complexity index is 449. The van der Waals surface area contributed by atoms with Crippen LogP contribution in [0, 0.1) is 23.7 Å². The Kier molecular flexibility index (Phi) is 4.90. The van der Waals surface area contributed by atoms with Gasteiger partial charge in [-0.15, -0.1) is 0 Å². The van der Waals surface area contributed by atoms with Gasteiger partial charge >= 0.3 is 0 Å². The van der Waals surface area contributed by atoms with Crippen molar-refractivity contribution in [1.29, 1.82) is 0 Å². The van der Waals surface area contributed by atoms with Crippen molar-refractivity contribution in [3.63, 3.8) is 0 Å². The molecule has 0 radical (unpaired) electrons. The van der Waals surface area contributed by atoms with E-state index >= 15 is 0 Å². The van der Waals surface area contributed by atoms with Gasteiger partial charge in [-0.2, -0.15) is 0 Å². The van der Waals surface area contributed by atoms with Crippen molar-refractivity contribution in [2.24, 2.45) is 23.7 Å². The highest BCUT2D eigenvalue weighted by Crippen LogP contribution is 2.48. The molecule has 0 aromatic heterocycles. The Balaban J connectivity index is 1.40. The first kappa shape index (κ1) is 16.9. The van der Waals surface area contributed by atoms with Crippen LogP contribution in [-0.4, -0.2) is 47.4 Å². The Morgan fingerprint density at radius 1 is 0.958 bits per heavy atom. The molecule has 24 heavy (non-hydrogen) atoms. The fourth-order valence-electron chi connectivity index (χ4n) is 6.27. The zero-order valence-corrected chi connectivity index (χ0v) is 15.8. The summed E-state index contributed by atoms with van der Waals surface area (Å²) in [6, 6.07) is 1.50. The molecule has 0 aromatic carbocycles. The summed E-state index contributed by atoms with van der Waals surface area (Å²) in [5, 5.41) is 0. The minimum Gasteiger partial charge on any atom is -0.343 e. The van der Waals surface area contributed by atoms with E-state index in [0.717, 1.165) is 56.1 Å². The van der Waals surface area contributed by atoms with Crippen LogP contribution in [0.5, 0.6) is 0 Å². The third-order valence-corrected chi connectivity index (χ3v) is 7.37. The predicted molar refractivity (Wildman–Crippen MR) is 97.7 cm³/mol. The van der Waals surface area contributed by atoms with Crippen LogP contribution in [0.25, 0.3) is 0 Å². The number of carbonyl (C=O) groups excluding carboxylic acids is 1. The summed E-state index contributed by atoms with van der Waals surface area (Å²) in [4.78, 5) is 17.6. The molecule has 3 heterocycles. The minimum atomic E-state index is 0.416. The van der Waals surface area contributed by atoms with Gasteiger partial charge in [0.1, 0.15) is 0 Å². The number of carbonyl (C=O) groups is 1. The van der Waals surface area contributed by atoms with Gasteiger partial charge in [0.2, 0.25) is 5.91 Å². The normalized spacial score (nSPS) is 40.2. The first-order valence-corrected chi connectivity index (χ1v) is 10.6. The molecular weight excluding hydrogens is 296 g/mol. The average Bonchev–Trinajstić information content (AvgIpc) is 2.83. The predicted octanol–water partition coefficient (Wildman–Crippen LogP) is 3.92. The highest BCUT2D eigenvalue weighted by atomic mass is 16.2. The van der Waals surface area contributed by atoms with Crippen molar-refractivity contribution >= 4 is 5.91 Å². The topological polar surface area (TPSA) is 23.6 Å². The SMILES string of the molecule is CC(C)CCN1CCC(N2CC3CC4CC(C3)CC2C4)CCC1=O. The van der Waals surface area contributed by atoms with E-state index in [1.54, 1.807) is 0 Å². The van der Waals surface area contributed by atoms with Crippen LogP contribution in [0.15, 0.2) is 0 Å². The number of nitrogens with zero attached hydrogens (tertiary/aromatic N) is 2. The minimum absolute atomic E-state index is 0.416. The summed E-state index contributed by atoms with van der Waals surface area (Å²) < 4.78 is 0. The van der Waals surface area contributed by atoms with Crippen LogP contribution >= 0.6 is 0 Å². The summed E-state index contributed by atoms with van der Waals surface area (Å²) in [6.45, 7) is 7.82. The highest BCUT2D eigenvalue weighted by Gasteiger charge is 2.44. The van der Waals surface area contributed by atoms with Gasteiger partial charge in [-0.05, 0) is 75.0 Å². The lowest BCUT2D eigenvalue weighted by Gasteiger charge is -2.41. The number of hydrogen-bond acceptors (Lipinski definition) is 2. The van der Waals surface area contributed by atoms with Gasteiger partial charge in [-0.25, -0.2) is 0 Å². The number of amides is 1. The van der Waals surface area contributed by atoms with E-state index in [4.69, 9.17) is 0 Å². The second kappa shape index (κ2) is 6.97. The zero-order valence-electron chi connectivity index (χ0n) is 15.8. The molecule has 3 aliphatic heterocycles. The largest absolute Gasteiger partial charge is 0.343 e. The van der Waals surface area contributed by atoms with Crippen molar-refractivity contribution in [3.05, 3.63) is 0 Å². The van der Waals surface area contributed by atoms with E-state index in [-0.39, 0.29) is 0 Å². The Morgan fingerprint density at radius 3 is 2.38 bits per heavy atom. The Labute approximate surface area is 148 Å². The van der Waals surface area contributed by atoms with Crippen molar-refractivity contribution in [1.82, 2.24) is 9.80 Å². The molecule has 2 saturated carbocycles. The van der Waals surface area contributed by atoms with Crippen LogP contribution in [0.1, 0.15) is 71.6 Å². The van der Waals surface area contributed by atoms with E-state index in [2.05, 4.69) is 23.6 Å². The van der Waals surface area contributed by atoms with Crippen molar-refractivity contribution in [2.75, 3.05) is 19.6 Å². The van der Waals surface area contributed by atoms with Gasteiger partial charge < -0.3 is 4.90 Å². The summed E-state index contributed by atoms with van der Waals surface area (Å²) in [7, 11) is 0. The number of rotatable bonds is 4. The zero-order chi connectivity index (χ0) is 16.7. The van der Waals surface area contributed by atoms with E-state index in [1.165, 1.54) is 45.1 Å². The van der Waals surface area contributed by atoms with Crippen LogP contribution in [0.3, 0.4) is 0 Å². The lowest BCUT2D eigenvalue weighted by molar-refractivity contribution is -0.130. The quantitative estimate of drug-likeness (QED) is 0.779. The molecular formula is C21H36N2O. The molecule has 3 nitrogen and oxygen atoms in total. The van der Waals surface area contributed by atoms with Crippen molar-refractivity contribution < 1.29 is 4.79 Å². The number of likely N-dealkylation sites (tertiary alicyclic amines) is 1. The van der Waals surface area contributed by atoms with Gasteiger partial charge in [0.05, 0.1) is 0 Å². The monoisotopic (exact) mass is 332 g/mol. The lowest BCUT2D eigenvalue weighted by Crippen LogP contribution is -2.45. The molecule has 2 aliphatic carbocycles. The maximum Gasteiger partial charge on any atom is 0.222 e. The molecule has 5 aliphatic rings. The van der Waals surface area contributed by atoms with Crippen LogP contribution in [0.4, 0.5) is 0 Å². The van der Waals surface area contributed by atoms with Crippen LogP contribution in [-0.2, 0) is 4.79 Å². The summed E-state index contributed by atoms with van der Waals surface area (Å²) in [5.41, 5.74) is 0. The summed E-state index contributed by atoms with van der Waals surface area (Å²) in [6.07, 6.45) is 11.7. The average molecular weight is 333 g/mol. The molecule has 5 fully saturated rings. The van der Waals surface area contributed by atoms with Gasteiger partial charge in [0.15, 0.2) is 0 Å². The van der Waals surface area contributed by atoms with Crippen LogP contribution in [0.2, 0.25) is 0 Å². The fraction of sp³-hybridized carbons (Fsp3) is 0.952. The van der Waals surface area contributed by atoms with E-state index in [9.17, 15) is 4.79 Å². The second-order valence-electron chi connectivity index (χ2n) is 9.67. The fourth-order valence-corrected chi connectivity index (χ4v) is 6.27. The third-order valence-electron chi connectivity index (χ3n) is 7.37. The first-order chi connectivity index (χ1) is 11.6. The molecule has 3 atom stereocenters.